The topological polar surface area (TPSA) is 96.8 Å². The molecule has 0 aliphatic rings. The molecule has 0 saturated heterocycles. The number of amides is 1. The second kappa shape index (κ2) is 8.71. The first-order valence-electron chi connectivity index (χ1n) is 9.35. The zero-order valence-corrected chi connectivity index (χ0v) is 18.0. The Labute approximate surface area is 186 Å². The number of rotatable bonds is 5. The molecule has 7 nitrogen and oxygen atoms in total. The summed E-state index contributed by atoms with van der Waals surface area (Å²) < 4.78 is 0.933. The molecular formula is C22H17ClN4O3S. The van der Waals surface area contributed by atoms with Crippen LogP contribution >= 0.6 is 22.9 Å². The second-order valence-corrected chi connectivity index (χ2v) is 8.16. The van der Waals surface area contributed by atoms with Crippen LogP contribution in [-0.4, -0.2) is 20.4 Å². The Balaban J connectivity index is 1.57. The lowest BCUT2D eigenvalue weighted by atomic mass is 10.2. The minimum Gasteiger partial charge on any atom is -0.347 e. The number of aryl methyl sites for hydroxylation is 1. The number of nitrogens with one attached hydrogen (secondary N) is 2. The van der Waals surface area contributed by atoms with Gasteiger partial charge in [0.1, 0.15) is 10.6 Å². The number of nitrogens with zero attached hydrogens (tertiary/aromatic N) is 2. The van der Waals surface area contributed by atoms with Crippen LogP contribution < -0.4 is 16.6 Å². The number of para-hydroxylation sites is 1. The number of aromatic nitrogens is 3. The maximum Gasteiger partial charge on any atom is 0.333 e. The van der Waals surface area contributed by atoms with Gasteiger partial charge in [0, 0.05) is 16.6 Å². The number of hydrogen-bond donors (Lipinski definition) is 2. The van der Waals surface area contributed by atoms with E-state index in [1.54, 1.807) is 36.4 Å². The third-order valence-electron chi connectivity index (χ3n) is 4.64. The van der Waals surface area contributed by atoms with Crippen LogP contribution in [0.4, 0.5) is 0 Å². The highest BCUT2D eigenvalue weighted by atomic mass is 35.5. The molecule has 9 heteroatoms. The highest BCUT2D eigenvalue weighted by Crippen LogP contribution is 2.32. The monoisotopic (exact) mass is 452 g/mol. The van der Waals surface area contributed by atoms with Gasteiger partial charge in [-0.2, -0.15) is 0 Å². The van der Waals surface area contributed by atoms with Gasteiger partial charge in [-0.05, 0) is 25.1 Å². The summed E-state index contributed by atoms with van der Waals surface area (Å²) in [5.74, 6) is -0.585. The average Bonchev–Trinajstić information content (AvgIpc) is 3.13. The summed E-state index contributed by atoms with van der Waals surface area (Å²) in [4.78, 5) is 45.5. The molecule has 0 aliphatic carbocycles. The molecule has 2 aromatic heterocycles. The molecule has 0 atom stereocenters. The van der Waals surface area contributed by atoms with Crippen LogP contribution in [0.15, 0.2) is 70.4 Å². The first-order chi connectivity index (χ1) is 15.0. The minimum atomic E-state index is -0.690. The van der Waals surface area contributed by atoms with Gasteiger partial charge in [-0.3, -0.25) is 9.59 Å². The fourth-order valence-corrected chi connectivity index (χ4v) is 4.37. The first-order valence-corrected chi connectivity index (χ1v) is 10.5. The van der Waals surface area contributed by atoms with Gasteiger partial charge in [-0.1, -0.05) is 48.0 Å². The Morgan fingerprint density at radius 3 is 2.58 bits per heavy atom. The summed E-state index contributed by atoms with van der Waals surface area (Å²) in [6.45, 7) is 2.04. The van der Waals surface area contributed by atoms with E-state index in [2.05, 4.69) is 15.3 Å². The van der Waals surface area contributed by atoms with Crippen molar-refractivity contribution in [2.24, 2.45) is 0 Å². The van der Waals surface area contributed by atoms with E-state index in [4.69, 9.17) is 11.6 Å². The average molecular weight is 453 g/mol. The number of halogens is 1. The molecular weight excluding hydrogens is 436 g/mol. The van der Waals surface area contributed by atoms with Crippen LogP contribution in [0.25, 0.3) is 16.3 Å². The molecule has 0 bridgehead atoms. The van der Waals surface area contributed by atoms with Crippen molar-refractivity contribution < 1.29 is 4.79 Å². The Kier molecular flexibility index (Phi) is 5.83. The van der Waals surface area contributed by atoms with Crippen LogP contribution in [0.1, 0.15) is 20.9 Å². The molecule has 4 aromatic rings. The molecule has 0 spiro atoms. The largest absolute Gasteiger partial charge is 0.347 e. The van der Waals surface area contributed by atoms with E-state index in [1.807, 2.05) is 25.1 Å². The number of carbonyl (C=O) groups excluding carboxylic acids is 1. The van der Waals surface area contributed by atoms with Gasteiger partial charge in [-0.15, -0.1) is 11.3 Å². The van der Waals surface area contributed by atoms with Crippen molar-refractivity contribution in [3.8, 4) is 16.3 Å². The first kappa shape index (κ1) is 20.8. The van der Waals surface area contributed by atoms with Crippen molar-refractivity contribution in [3.05, 3.63) is 103 Å². The van der Waals surface area contributed by atoms with Crippen molar-refractivity contribution in [1.82, 2.24) is 19.9 Å². The number of benzene rings is 2. The summed E-state index contributed by atoms with van der Waals surface area (Å²) in [7, 11) is 0. The molecule has 156 valence electrons. The number of aromatic amines is 1. The zero-order valence-electron chi connectivity index (χ0n) is 16.4. The molecule has 2 N–H and O–H groups in total. The summed E-state index contributed by atoms with van der Waals surface area (Å²) in [5, 5.41) is 4.09. The van der Waals surface area contributed by atoms with Gasteiger partial charge in [0.2, 0.25) is 0 Å². The number of thiazole rings is 1. The summed E-state index contributed by atoms with van der Waals surface area (Å²) in [6, 6.07) is 15.8. The second-order valence-electron chi connectivity index (χ2n) is 6.67. The van der Waals surface area contributed by atoms with Crippen molar-refractivity contribution >= 4 is 28.8 Å². The molecule has 1 amide bonds. The van der Waals surface area contributed by atoms with Crippen molar-refractivity contribution in [2.75, 3.05) is 0 Å². The Bertz CT molecular complexity index is 1380. The molecule has 0 aliphatic heterocycles. The van der Waals surface area contributed by atoms with Crippen molar-refractivity contribution in [2.45, 2.75) is 13.5 Å². The third kappa shape index (κ3) is 4.21. The van der Waals surface area contributed by atoms with E-state index in [1.165, 1.54) is 11.3 Å². The Morgan fingerprint density at radius 1 is 1.13 bits per heavy atom. The summed E-state index contributed by atoms with van der Waals surface area (Å²) in [6.07, 6.45) is 1.13. The molecule has 0 unspecified atom stereocenters. The predicted molar refractivity (Wildman–Crippen MR) is 121 cm³/mol. The number of carbonyl (C=O) groups is 1. The standard InChI is InChI=1S/C22H17ClN4O3S/c1-13-18(31-20(26-13)15-9-5-6-10-17(15)23)12-24-19(28)16-11-25-22(30)27(21(16)29)14-7-3-2-4-8-14/h2-11H,12H2,1H3,(H,24,28)(H,25,30). The molecule has 31 heavy (non-hydrogen) atoms. The van der Waals surface area contributed by atoms with Gasteiger partial charge in [-0.25, -0.2) is 14.3 Å². The van der Waals surface area contributed by atoms with E-state index < -0.39 is 17.2 Å². The fraction of sp³-hybridized carbons (Fsp3) is 0.0909. The van der Waals surface area contributed by atoms with Gasteiger partial charge in [0.15, 0.2) is 0 Å². The lowest BCUT2D eigenvalue weighted by Crippen LogP contribution is -2.39. The Morgan fingerprint density at radius 2 is 1.84 bits per heavy atom. The van der Waals surface area contributed by atoms with Crippen LogP contribution in [0, 0.1) is 6.92 Å². The molecule has 0 saturated carbocycles. The highest BCUT2D eigenvalue weighted by molar-refractivity contribution is 7.15. The van der Waals surface area contributed by atoms with Crippen LogP contribution in [0.5, 0.6) is 0 Å². The van der Waals surface area contributed by atoms with E-state index >= 15 is 0 Å². The Hall–Kier alpha value is -3.49. The zero-order chi connectivity index (χ0) is 22.0. The van der Waals surface area contributed by atoms with E-state index in [0.717, 1.165) is 31.9 Å². The van der Waals surface area contributed by atoms with Crippen molar-refractivity contribution in [3.63, 3.8) is 0 Å². The van der Waals surface area contributed by atoms with Crippen LogP contribution in [0.2, 0.25) is 5.02 Å². The molecule has 0 radical (unpaired) electrons. The molecule has 4 rings (SSSR count). The van der Waals surface area contributed by atoms with E-state index in [0.29, 0.717) is 10.7 Å². The van der Waals surface area contributed by atoms with Gasteiger partial charge >= 0.3 is 5.69 Å². The number of H-pyrrole nitrogens is 1. The molecule has 2 aromatic carbocycles. The van der Waals surface area contributed by atoms with Gasteiger partial charge in [0.25, 0.3) is 11.5 Å². The quantitative estimate of drug-likeness (QED) is 0.484. The predicted octanol–water partition coefficient (Wildman–Crippen LogP) is 3.54. The minimum absolute atomic E-state index is 0.156. The summed E-state index contributed by atoms with van der Waals surface area (Å²) >= 11 is 7.67. The van der Waals surface area contributed by atoms with Crippen molar-refractivity contribution in [1.29, 1.82) is 0 Å². The molecule has 0 fully saturated rings. The highest BCUT2D eigenvalue weighted by Gasteiger charge is 2.17. The lowest BCUT2D eigenvalue weighted by Gasteiger charge is -2.07. The maximum atomic E-state index is 12.8. The smallest absolute Gasteiger partial charge is 0.333 e. The number of hydrogen-bond acceptors (Lipinski definition) is 5. The van der Waals surface area contributed by atoms with E-state index in [-0.39, 0.29) is 12.1 Å². The summed E-state index contributed by atoms with van der Waals surface area (Å²) in [5.41, 5.74) is 0.508. The lowest BCUT2D eigenvalue weighted by molar-refractivity contribution is 0.0949. The van der Waals surface area contributed by atoms with Gasteiger partial charge < -0.3 is 10.3 Å². The maximum absolute atomic E-state index is 12.8. The SMILES string of the molecule is Cc1nc(-c2ccccc2Cl)sc1CNC(=O)c1c[nH]c(=O)n(-c2ccccc2)c1=O. The van der Waals surface area contributed by atoms with Gasteiger partial charge in [0.05, 0.1) is 22.9 Å². The van der Waals surface area contributed by atoms with E-state index in [9.17, 15) is 14.4 Å². The normalized spacial score (nSPS) is 10.8. The van der Waals surface area contributed by atoms with Crippen LogP contribution in [-0.2, 0) is 6.54 Å². The molecule has 2 heterocycles. The fourth-order valence-electron chi connectivity index (χ4n) is 3.04. The van der Waals surface area contributed by atoms with Crippen LogP contribution in [0.3, 0.4) is 0 Å². The third-order valence-corrected chi connectivity index (χ3v) is 6.16.